The number of benzene rings is 1. The smallest absolute Gasteiger partial charge is 0.111 e. The molecule has 16 heavy (non-hydrogen) atoms. The molecule has 0 atom stereocenters. The van der Waals surface area contributed by atoms with E-state index in [9.17, 15) is 0 Å². The predicted octanol–water partition coefficient (Wildman–Crippen LogP) is 3.35. The van der Waals surface area contributed by atoms with Crippen LogP contribution < -0.4 is 0 Å². The fraction of sp³-hybridized carbons (Fsp3) is 0.231. The Bertz CT molecular complexity index is 538. The van der Waals surface area contributed by atoms with Gasteiger partial charge in [0.05, 0.1) is 0 Å². The zero-order valence-electron chi connectivity index (χ0n) is 9.45. The fourth-order valence-corrected chi connectivity index (χ4v) is 2.04. The lowest BCUT2D eigenvalue weighted by Gasteiger charge is -2.04. The highest BCUT2D eigenvalue weighted by molar-refractivity contribution is 7.71. The van der Waals surface area contributed by atoms with Crippen molar-refractivity contribution in [2.24, 2.45) is 0 Å². The first-order chi connectivity index (χ1) is 7.63. The molecule has 1 aromatic carbocycles. The van der Waals surface area contributed by atoms with Gasteiger partial charge in [-0.2, -0.15) is 0 Å². The number of hydrogen-bond acceptors (Lipinski definition) is 2. The largest absolute Gasteiger partial charge is 0.335 e. The van der Waals surface area contributed by atoms with Gasteiger partial charge in [-0.15, -0.1) is 0 Å². The van der Waals surface area contributed by atoms with Crippen molar-refractivity contribution in [1.82, 2.24) is 9.97 Å². The van der Waals surface area contributed by atoms with Gasteiger partial charge in [0.2, 0.25) is 0 Å². The molecule has 0 amide bonds. The molecule has 2 nitrogen and oxygen atoms in total. The van der Waals surface area contributed by atoms with Crippen LogP contribution in [0.15, 0.2) is 30.5 Å². The maximum absolute atomic E-state index is 5.07. The molecule has 2 rings (SSSR count). The van der Waals surface area contributed by atoms with E-state index < -0.39 is 0 Å². The molecule has 0 unspecified atom stereocenters. The summed E-state index contributed by atoms with van der Waals surface area (Å²) in [6, 6.07) is 8.32. The Balaban J connectivity index is 2.30. The molecule has 1 N–H and O–H groups in total. The average molecular weight is 230 g/mol. The van der Waals surface area contributed by atoms with Gasteiger partial charge in [-0.25, -0.2) is 4.98 Å². The van der Waals surface area contributed by atoms with Crippen LogP contribution in [0.25, 0.3) is 0 Å². The second kappa shape index (κ2) is 4.58. The Morgan fingerprint density at radius 3 is 2.50 bits per heavy atom. The highest BCUT2D eigenvalue weighted by atomic mass is 32.1. The summed E-state index contributed by atoms with van der Waals surface area (Å²) in [6.07, 6.45) is 2.55. The molecule has 0 radical (unpaired) electrons. The average Bonchev–Trinajstić information content (AvgIpc) is 2.15. The number of aromatic nitrogens is 2. The summed E-state index contributed by atoms with van der Waals surface area (Å²) in [5, 5.41) is 0. The third-order valence-electron chi connectivity index (χ3n) is 2.38. The molecule has 0 saturated heterocycles. The van der Waals surface area contributed by atoms with Crippen molar-refractivity contribution >= 4 is 12.2 Å². The Morgan fingerprint density at radius 1 is 1.19 bits per heavy atom. The molecule has 3 heteroatoms. The monoisotopic (exact) mass is 230 g/mol. The van der Waals surface area contributed by atoms with E-state index in [0.717, 1.165) is 16.9 Å². The molecule has 0 aliphatic carbocycles. The van der Waals surface area contributed by atoms with E-state index in [-0.39, 0.29) is 0 Å². The minimum atomic E-state index is 0.731. The first-order valence-corrected chi connectivity index (χ1v) is 5.66. The van der Waals surface area contributed by atoms with Gasteiger partial charge in [-0.1, -0.05) is 41.5 Å². The predicted molar refractivity (Wildman–Crippen MR) is 68.1 cm³/mol. The highest BCUT2D eigenvalue weighted by Gasteiger charge is 1.99. The molecule has 1 aromatic heterocycles. The summed E-state index contributed by atoms with van der Waals surface area (Å²) in [7, 11) is 0. The third kappa shape index (κ3) is 2.76. The van der Waals surface area contributed by atoms with Gasteiger partial charge in [0.15, 0.2) is 0 Å². The Kier molecular flexibility index (Phi) is 3.15. The quantitative estimate of drug-likeness (QED) is 0.801. The van der Waals surface area contributed by atoms with Gasteiger partial charge < -0.3 is 4.98 Å². The highest BCUT2D eigenvalue weighted by Crippen LogP contribution is 2.11. The lowest BCUT2D eigenvalue weighted by Crippen LogP contribution is -1.96. The maximum atomic E-state index is 5.07. The first-order valence-electron chi connectivity index (χ1n) is 5.25. The molecular formula is C13H14N2S. The second-order valence-corrected chi connectivity index (χ2v) is 4.49. The van der Waals surface area contributed by atoms with E-state index in [0.29, 0.717) is 0 Å². The van der Waals surface area contributed by atoms with E-state index in [1.54, 1.807) is 12.3 Å². The summed E-state index contributed by atoms with van der Waals surface area (Å²) in [5.74, 6) is 0.914. The number of H-pyrrole nitrogens is 1. The van der Waals surface area contributed by atoms with Crippen LogP contribution >= 0.6 is 12.2 Å². The standard InChI is InChI=1S/C13H14N2S/c1-9-5-10(2)7-11(6-9)8-12-14-4-3-13(16)15-12/h3-7H,8H2,1-2H3,(H,14,15,16). The molecule has 1 heterocycles. The van der Waals surface area contributed by atoms with E-state index in [1.165, 1.54) is 16.7 Å². The van der Waals surface area contributed by atoms with Crippen LogP contribution in [0.5, 0.6) is 0 Å². The topological polar surface area (TPSA) is 28.7 Å². The van der Waals surface area contributed by atoms with Crippen molar-refractivity contribution in [3.8, 4) is 0 Å². The molecule has 0 fully saturated rings. The third-order valence-corrected chi connectivity index (χ3v) is 2.61. The zero-order valence-corrected chi connectivity index (χ0v) is 10.3. The number of nitrogens with zero attached hydrogens (tertiary/aromatic N) is 1. The van der Waals surface area contributed by atoms with Crippen LogP contribution in [0.3, 0.4) is 0 Å². The number of aryl methyl sites for hydroxylation is 2. The lowest BCUT2D eigenvalue weighted by molar-refractivity contribution is 0.957. The summed E-state index contributed by atoms with van der Waals surface area (Å²) in [5.41, 5.74) is 3.83. The summed E-state index contributed by atoms with van der Waals surface area (Å²) < 4.78 is 0.731. The molecule has 82 valence electrons. The summed E-state index contributed by atoms with van der Waals surface area (Å²) in [6.45, 7) is 4.22. The number of hydrogen-bond donors (Lipinski definition) is 1. The molecule has 0 aliphatic rings. The van der Waals surface area contributed by atoms with Gasteiger partial charge >= 0.3 is 0 Å². The molecule has 2 aromatic rings. The van der Waals surface area contributed by atoms with E-state index in [2.05, 4.69) is 42.0 Å². The fourth-order valence-electron chi connectivity index (χ4n) is 1.87. The second-order valence-electron chi connectivity index (χ2n) is 4.05. The van der Waals surface area contributed by atoms with Gasteiger partial charge in [0.25, 0.3) is 0 Å². The van der Waals surface area contributed by atoms with Crippen LogP contribution in [0.2, 0.25) is 0 Å². The van der Waals surface area contributed by atoms with Crippen LogP contribution in [-0.4, -0.2) is 9.97 Å². The molecule has 0 aliphatic heterocycles. The van der Waals surface area contributed by atoms with Crippen molar-refractivity contribution in [3.05, 3.63) is 57.6 Å². The minimum Gasteiger partial charge on any atom is -0.335 e. The molecule has 0 saturated carbocycles. The van der Waals surface area contributed by atoms with Gasteiger partial charge in [-0.05, 0) is 25.5 Å². The Labute approximate surface area is 100 Å². The van der Waals surface area contributed by atoms with Crippen LogP contribution in [0, 0.1) is 18.5 Å². The SMILES string of the molecule is Cc1cc(C)cc(Cc2nccc(=S)[nH]2)c1. The van der Waals surface area contributed by atoms with E-state index in [4.69, 9.17) is 12.2 Å². The van der Waals surface area contributed by atoms with Crippen LogP contribution in [0.4, 0.5) is 0 Å². The Hall–Kier alpha value is -1.48. The summed E-state index contributed by atoms with van der Waals surface area (Å²) in [4.78, 5) is 7.37. The molecule has 0 bridgehead atoms. The normalized spacial score (nSPS) is 10.4. The van der Waals surface area contributed by atoms with E-state index in [1.807, 2.05) is 0 Å². The number of aromatic amines is 1. The Morgan fingerprint density at radius 2 is 1.88 bits per heavy atom. The van der Waals surface area contributed by atoms with Gasteiger partial charge in [0.1, 0.15) is 10.5 Å². The molecule has 0 spiro atoms. The van der Waals surface area contributed by atoms with Crippen molar-refractivity contribution in [1.29, 1.82) is 0 Å². The van der Waals surface area contributed by atoms with Crippen LogP contribution in [0.1, 0.15) is 22.5 Å². The number of rotatable bonds is 2. The van der Waals surface area contributed by atoms with Gasteiger partial charge in [-0.3, -0.25) is 0 Å². The van der Waals surface area contributed by atoms with Crippen molar-refractivity contribution in [2.45, 2.75) is 20.3 Å². The lowest BCUT2D eigenvalue weighted by atomic mass is 10.0. The minimum absolute atomic E-state index is 0.731. The van der Waals surface area contributed by atoms with Crippen molar-refractivity contribution < 1.29 is 0 Å². The van der Waals surface area contributed by atoms with Crippen LogP contribution in [-0.2, 0) is 6.42 Å². The summed E-state index contributed by atoms with van der Waals surface area (Å²) >= 11 is 5.07. The number of nitrogens with one attached hydrogen (secondary N) is 1. The van der Waals surface area contributed by atoms with Crippen molar-refractivity contribution in [3.63, 3.8) is 0 Å². The maximum Gasteiger partial charge on any atom is 0.111 e. The molecular weight excluding hydrogens is 216 g/mol. The zero-order chi connectivity index (χ0) is 11.5. The van der Waals surface area contributed by atoms with Crippen molar-refractivity contribution in [2.75, 3.05) is 0 Å². The first kappa shape index (κ1) is 11.0. The van der Waals surface area contributed by atoms with Gasteiger partial charge in [0, 0.05) is 12.6 Å². The van der Waals surface area contributed by atoms with E-state index >= 15 is 0 Å².